The molecular weight excluding hydrogens is 321 g/mol. The van der Waals surface area contributed by atoms with Gasteiger partial charge in [0.15, 0.2) is 5.91 Å². The van der Waals surface area contributed by atoms with Crippen LogP contribution in [-0.4, -0.2) is 53.1 Å². The summed E-state index contributed by atoms with van der Waals surface area (Å²) in [7, 11) is 0. The second-order valence-electron chi connectivity index (χ2n) is 5.42. The maximum absolute atomic E-state index is 11.9. The maximum Gasteiger partial charge on any atom is 0.410 e. The first-order valence-corrected chi connectivity index (χ1v) is 6.14. The summed E-state index contributed by atoms with van der Waals surface area (Å²) in [6.45, 7) is 14.3. The summed E-state index contributed by atoms with van der Waals surface area (Å²) >= 11 is 0. The molecule has 0 saturated carbocycles. The minimum absolute atomic E-state index is 0. The predicted octanol–water partition coefficient (Wildman–Crippen LogP) is 1.49. The van der Waals surface area contributed by atoms with Gasteiger partial charge in [0.2, 0.25) is 0 Å². The summed E-state index contributed by atoms with van der Waals surface area (Å²) < 4.78 is 5.29. The number of amides is 2. The van der Waals surface area contributed by atoms with Gasteiger partial charge < -0.3 is 28.4 Å². The topological polar surface area (TPSA) is 49.9 Å². The van der Waals surface area contributed by atoms with Crippen molar-refractivity contribution in [2.75, 3.05) is 19.6 Å². The zero-order chi connectivity index (χ0) is 13.9. The van der Waals surface area contributed by atoms with Gasteiger partial charge in [-0.2, -0.15) is 0 Å². The minimum atomic E-state index is -0.506. The molecule has 0 bridgehead atoms. The van der Waals surface area contributed by atoms with Gasteiger partial charge in [0.1, 0.15) is 5.60 Å². The van der Waals surface area contributed by atoms with Gasteiger partial charge in [-0.1, -0.05) is 6.04 Å². The summed E-state index contributed by atoms with van der Waals surface area (Å²) in [5.74, 6) is -0.0289. The van der Waals surface area contributed by atoms with Crippen molar-refractivity contribution in [1.82, 2.24) is 9.80 Å². The van der Waals surface area contributed by atoms with Crippen LogP contribution in [0.15, 0.2) is 0 Å². The Kier molecular flexibility index (Phi) is 7.52. The summed E-state index contributed by atoms with van der Waals surface area (Å²) in [5.41, 5.74) is -0.506. The number of hydrogen-bond donors (Lipinski definition) is 0. The molecule has 1 heterocycles. The number of piperazine rings is 1. The van der Waals surface area contributed by atoms with Gasteiger partial charge in [0.05, 0.1) is 0 Å². The Bertz CT molecular complexity index is 328. The standard InChI is InChI=1S/C13H22N2O3.Y/c1-6-11(16)15-8-7-14(9-10(15)2)12(17)18-13(3,4)5;/h10H,1-2,6-9H2,3-5H3;/q-2;. The van der Waals surface area contributed by atoms with E-state index in [0.29, 0.717) is 19.6 Å². The third kappa shape index (κ3) is 5.78. The average molecular weight is 343 g/mol. The number of carbonyl (C=O) groups excluding carboxylic acids is 2. The van der Waals surface area contributed by atoms with Gasteiger partial charge >= 0.3 is 6.09 Å². The summed E-state index contributed by atoms with van der Waals surface area (Å²) in [5, 5.41) is 0. The molecular formula is C13H22N2O3Y-2. The van der Waals surface area contributed by atoms with Gasteiger partial charge in [0.25, 0.3) is 0 Å². The van der Waals surface area contributed by atoms with E-state index in [1.54, 1.807) is 9.80 Å². The van der Waals surface area contributed by atoms with Crippen LogP contribution in [0.2, 0.25) is 0 Å². The summed E-state index contributed by atoms with van der Waals surface area (Å²) in [4.78, 5) is 26.7. The first-order chi connectivity index (χ1) is 8.24. The van der Waals surface area contributed by atoms with Crippen molar-refractivity contribution in [3.05, 3.63) is 13.8 Å². The molecule has 0 spiro atoms. The van der Waals surface area contributed by atoms with Crippen LogP contribution in [0.1, 0.15) is 27.2 Å². The zero-order valence-corrected chi connectivity index (χ0v) is 14.9. The molecule has 0 N–H and O–H groups in total. The van der Waals surface area contributed by atoms with E-state index in [4.69, 9.17) is 4.74 Å². The molecule has 1 radical (unpaired) electrons. The van der Waals surface area contributed by atoms with E-state index in [0.717, 1.165) is 0 Å². The fourth-order valence-corrected chi connectivity index (χ4v) is 1.82. The van der Waals surface area contributed by atoms with Gasteiger partial charge in [-0.05, 0) is 20.8 Å². The van der Waals surface area contributed by atoms with E-state index in [1.165, 1.54) is 0 Å². The fraction of sp³-hybridized carbons (Fsp3) is 0.692. The Morgan fingerprint density at radius 1 is 1.32 bits per heavy atom. The summed E-state index contributed by atoms with van der Waals surface area (Å²) in [6, 6.07) is -0.236. The smallest absolute Gasteiger partial charge is 0.410 e. The largest absolute Gasteiger partial charge is 0.444 e. The number of ether oxygens (including phenoxy) is 1. The monoisotopic (exact) mass is 343 g/mol. The van der Waals surface area contributed by atoms with Crippen LogP contribution in [0.3, 0.4) is 0 Å². The van der Waals surface area contributed by atoms with E-state index in [1.807, 2.05) is 20.8 Å². The Morgan fingerprint density at radius 2 is 1.89 bits per heavy atom. The van der Waals surface area contributed by atoms with Gasteiger partial charge in [0, 0.05) is 52.3 Å². The molecule has 0 aromatic carbocycles. The molecule has 1 saturated heterocycles. The maximum atomic E-state index is 11.9. The van der Waals surface area contributed by atoms with Crippen molar-refractivity contribution in [2.45, 2.75) is 38.8 Å². The molecule has 1 unspecified atom stereocenters. The van der Waals surface area contributed by atoms with Crippen LogP contribution in [-0.2, 0) is 42.2 Å². The van der Waals surface area contributed by atoms with E-state index < -0.39 is 5.60 Å². The Labute approximate surface area is 140 Å². The van der Waals surface area contributed by atoms with E-state index in [9.17, 15) is 9.59 Å². The summed E-state index contributed by atoms with van der Waals surface area (Å²) in [6.07, 6.45) is -0.129. The van der Waals surface area contributed by atoms with Crippen molar-refractivity contribution in [1.29, 1.82) is 0 Å². The van der Waals surface area contributed by atoms with Crippen molar-refractivity contribution in [2.24, 2.45) is 0 Å². The second-order valence-corrected chi connectivity index (χ2v) is 5.42. The Balaban J connectivity index is 0.00000324. The first-order valence-electron chi connectivity index (χ1n) is 6.14. The molecule has 1 aliphatic heterocycles. The van der Waals surface area contributed by atoms with Crippen molar-refractivity contribution in [3.8, 4) is 0 Å². The van der Waals surface area contributed by atoms with Gasteiger partial charge in [-0.15, -0.1) is 6.42 Å². The van der Waals surface area contributed by atoms with Crippen molar-refractivity contribution in [3.63, 3.8) is 0 Å². The van der Waals surface area contributed by atoms with E-state index >= 15 is 0 Å². The van der Waals surface area contributed by atoms with Crippen LogP contribution in [0.5, 0.6) is 0 Å². The van der Waals surface area contributed by atoms with Gasteiger partial charge in [-0.3, -0.25) is 4.79 Å². The predicted molar refractivity (Wildman–Crippen MR) is 68.6 cm³/mol. The SMILES string of the molecule is [CH2-]CC(=O)N1CCN(C(=O)OC(C)(C)C)CC1[CH2-].[Y]. The molecule has 19 heavy (non-hydrogen) atoms. The molecule has 1 aliphatic rings. The quantitative estimate of drug-likeness (QED) is 0.678. The molecule has 5 nitrogen and oxygen atoms in total. The molecule has 0 aliphatic carbocycles. The third-order valence-corrected chi connectivity index (χ3v) is 2.67. The molecule has 1 rings (SSSR count). The van der Waals surface area contributed by atoms with Crippen LogP contribution in [0.4, 0.5) is 4.79 Å². The van der Waals surface area contributed by atoms with E-state index in [-0.39, 0.29) is 57.2 Å². The normalized spacial score (nSPS) is 19.7. The fourth-order valence-electron chi connectivity index (χ4n) is 1.82. The average Bonchev–Trinajstić information content (AvgIpc) is 2.25. The van der Waals surface area contributed by atoms with Crippen molar-refractivity contribution >= 4 is 12.0 Å². The molecule has 1 fully saturated rings. The minimum Gasteiger partial charge on any atom is -0.444 e. The van der Waals surface area contributed by atoms with Crippen molar-refractivity contribution < 1.29 is 47.0 Å². The molecule has 6 heteroatoms. The zero-order valence-electron chi connectivity index (χ0n) is 12.0. The van der Waals surface area contributed by atoms with Gasteiger partial charge in [-0.25, -0.2) is 4.79 Å². The van der Waals surface area contributed by atoms with Crippen LogP contribution < -0.4 is 0 Å². The molecule has 2 amide bonds. The van der Waals surface area contributed by atoms with E-state index in [2.05, 4.69) is 13.8 Å². The molecule has 0 aromatic heterocycles. The Hall–Kier alpha value is -0.156. The number of hydrogen-bond acceptors (Lipinski definition) is 3. The number of nitrogens with zero attached hydrogens (tertiary/aromatic N) is 2. The molecule has 1 atom stereocenters. The number of rotatable bonds is 1. The molecule has 107 valence electrons. The third-order valence-electron chi connectivity index (χ3n) is 2.67. The number of carbonyl (C=O) groups is 2. The van der Waals surface area contributed by atoms with Crippen LogP contribution >= 0.6 is 0 Å². The van der Waals surface area contributed by atoms with Crippen LogP contribution in [0, 0.1) is 13.8 Å². The molecule has 0 aromatic rings. The Morgan fingerprint density at radius 3 is 2.32 bits per heavy atom. The van der Waals surface area contributed by atoms with Crippen LogP contribution in [0.25, 0.3) is 0 Å². The first kappa shape index (κ1) is 18.8. The second kappa shape index (κ2) is 7.58.